The zero-order valence-corrected chi connectivity index (χ0v) is 13.3. The van der Waals surface area contributed by atoms with E-state index >= 15 is 0 Å². The molecule has 0 unspecified atom stereocenters. The van der Waals surface area contributed by atoms with Gasteiger partial charge in [0, 0.05) is 23.1 Å². The first-order chi connectivity index (χ1) is 10.8. The Bertz CT molecular complexity index is 604. The molecule has 0 radical (unpaired) electrons. The Morgan fingerprint density at radius 1 is 0.818 bits per heavy atom. The molecule has 0 saturated heterocycles. The summed E-state index contributed by atoms with van der Waals surface area (Å²) in [5.74, 6) is 0. The van der Waals surface area contributed by atoms with E-state index in [0.29, 0.717) is 6.04 Å². The Hall–Kier alpha value is -2.07. The minimum atomic E-state index is 0.541. The fourth-order valence-electron chi connectivity index (χ4n) is 2.75. The SMILES string of the molecule is S=C(Nc1ccc(Nc2ccccc2)cc1)NC1CCCC1. The van der Waals surface area contributed by atoms with Crippen LogP contribution in [0.2, 0.25) is 0 Å². The molecule has 1 aliphatic rings. The van der Waals surface area contributed by atoms with Crippen molar-refractivity contribution < 1.29 is 0 Å². The summed E-state index contributed by atoms with van der Waals surface area (Å²) in [6.07, 6.45) is 5.06. The summed E-state index contributed by atoms with van der Waals surface area (Å²) in [6, 6.07) is 18.9. The lowest BCUT2D eigenvalue weighted by molar-refractivity contribution is 0.634. The first-order valence-electron chi connectivity index (χ1n) is 7.79. The minimum Gasteiger partial charge on any atom is -0.360 e. The summed E-state index contributed by atoms with van der Waals surface area (Å²) in [4.78, 5) is 0. The number of rotatable bonds is 4. The van der Waals surface area contributed by atoms with Gasteiger partial charge in [0.2, 0.25) is 0 Å². The molecule has 1 saturated carbocycles. The van der Waals surface area contributed by atoms with Crippen LogP contribution in [0.3, 0.4) is 0 Å². The highest BCUT2D eigenvalue weighted by Crippen LogP contribution is 2.20. The highest BCUT2D eigenvalue weighted by molar-refractivity contribution is 7.80. The molecule has 0 atom stereocenters. The highest BCUT2D eigenvalue weighted by Gasteiger charge is 2.15. The van der Waals surface area contributed by atoms with E-state index in [-0.39, 0.29) is 0 Å². The number of benzene rings is 2. The van der Waals surface area contributed by atoms with Crippen LogP contribution in [-0.2, 0) is 0 Å². The fourth-order valence-corrected chi connectivity index (χ4v) is 3.03. The van der Waals surface area contributed by atoms with Gasteiger partial charge in [0.15, 0.2) is 5.11 Å². The number of nitrogens with one attached hydrogen (secondary N) is 3. The summed E-state index contributed by atoms with van der Waals surface area (Å²) >= 11 is 5.37. The molecule has 114 valence electrons. The van der Waals surface area contributed by atoms with Gasteiger partial charge in [0.05, 0.1) is 0 Å². The first-order valence-corrected chi connectivity index (χ1v) is 8.20. The van der Waals surface area contributed by atoms with Gasteiger partial charge in [-0.3, -0.25) is 0 Å². The molecular weight excluding hydrogens is 290 g/mol. The van der Waals surface area contributed by atoms with E-state index in [9.17, 15) is 0 Å². The largest absolute Gasteiger partial charge is 0.360 e. The summed E-state index contributed by atoms with van der Waals surface area (Å²) in [7, 11) is 0. The standard InChI is InChI=1S/C18H21N3S/c22-18(20-15-8-4-5-9-15)21-17-12-10-16(11-13-17)19-14-6-2-1-3-7-14/h1-3,6-7,10-13,15,19H,4-5,8-9H2,(H2,20,21,22). The van der Waals surface area contributed by atoms with Gasteiger partial charge in [-0.05, 0) is 61.5 Å². The van der Waals surface area contributed by atoms with E-state index in [2.05, 4.69) is 16.0 Å². The van der Waals surface area contributed by atoms with Crippen LogP contribution in [0.4, 0.5) is 17.1 Å². The van der Waals surface area contributed by atoms with Gasteiger partial charge in [0.1, 0.15) is 0 Å². The predicted molar refractivity (Wildman–Crippen MR) is 97.8 cm³/mol. The van der Waals surface area contributed by atoms with Crippen LogP contribution in [0, 0.1) is 0 Å². The van der Waals surface area contributed by atoms with E-state index in [1.807, 2.05) is 54.6 Å². The minimum absolute atomic E-state index is 0.541. The van der Waals surface area contributed by atoms with Crippen molar-refractivity contribution >= 4 is 34.4 Å². The van der Waals surface area contributed by atoms with Crippen molar-refractivity contribution in [2.24, 2.45) is 0 Å². The van der Waals surface area contributed by atoms with Crippen molar-refractivity contribution in [3.05, 3.63) is 54.6 Å². The molecule has 1 fully saturated rings. The van der Waals surface area contributed by atoms with Crippen LogP contribution >= 0.6 is 12.2 Å². The van der Waals surface area contributed by atoms with Crippen LogP contribution in [0.15, 0.2) is 54.6 Å². The summed E-state index contributed by atoms with van der Waals surface area (Å²) in [6.45, 7) is 0. The van der Waals surface area contributed by atoms with E-state index < -0.39 is 0 Å². The molecule has 3 N–H and O–H groups in total. The van der Waals surface area contributed by atoms with Gasteiger partial charge < -0.3 is 16.0 Å². The number of para-hydroxylation sites is 1. The zero-order chi connectivity index (χ0) is 15.2. The van der Waals surface area contributed by atoms with Crippen molar-refractivity contribution in [1.29, 1.82) is 0 Å². The highest BCUT2D eigenvalue weighted by atomic mass is 32.1. The van der Waals surface area contributed by atoms with Crippen molar-refractivity contribution in [2.75, 3.05) is 10.6 Å². The van der Waals surface area contributed by atoms with Gasteiger partial charge in [-0.25, -0.2) is 0 Å². The molecule has 0 bridgehead atoms. The Morgan fingerprint density at radius 2 is 1.41 bits per heavy atom. The summed E-state index contributed by atoms with van der Waals surface area (Å²) in [5.41, 5.74) is 3.15. The van der Waals surface area contributed by atoms with Gasteiger partial charge in [-0.1, -0.05) is 31.0 Å². The molecule has 4 heteroatoms. The molecule has 0 amide bonds. The van der Waals surface area contributed by atoms with Gasteiger partial charge in [-0.2, -0.15) is 0 Å². The fraction of sp³-hybridized carbons (Fsp3) is 0.278. The Balaban J connectivity index is 1.53. The van der Waals surface area contributed by atoms with Gasteiger partial charge in [-0.15, -0.1) is 0 Å². The molecule has 1 aliphatic carbocycles. The van der Waals surface area contributed by atoms with Crippen LogP contribution in [0.25, 0.3) is 0 Å². The normalized spacial score (nSPS) is 14.5. The molecule has 0 aromatic heterocycles. The lowest BCUT2D eigenvalue weighted by Gasteiger charge is -2.16. The molecule has 0 spiro atoms. The van der Waals surface area contributed by atoms with Crippen molar-refractivity contribution in [1.82, 2.24) is 5.32 Å². The topological polar surface area (TPSA) is 36.1 Å². The zero-order valence-electron chi connectivity index (χ0n) is 12.5. The second kappa shape index (κ2) is 7.27. The van der Waals surface area contributed by atoms with Gasteiger partial charge in [0.25, 0.3) is 0 Å². The van der Waals surface area contributed by atoms with E-state index in [1.54, 1.807) is 0 Å². The second-order valence-corrected chi connectivity index (χ2v) is 6.06. The third-order valence-electron chi connectivity index (χ3n) is 3.90. The molecule has 2 aromatic carbocycles. The van der Waals surface area contributed by atoms with Crippen molar-refractivity contribution in [3.63, 3.8) is 0 Å². The maximum absolute atomic E-state index is 5.37. The average molecular weight is 311 g/mol. The molecule has 0 heterocycles. The quantitative estimate of drug-likeness (QED) is 0.718. The smallest absolute Gasteiger partial charge is 0.170 e. The molecule has 22 heavy (non-hydrogen) atoms. The van der Waals surface area contributed by atoms with Crippen molar-refractivity contribution in [2.45, 2.75) is 31.7 Å². The molecule has 3 nitrogen and oxygen atoms in total. The average Bonchev–Trinajstić information content (AvgIpc) is 3.03. The predicted octanol–water partition coefficient (Wildman–Crippen LogP) is 4.66. The molecule has 0 aliphatic heterocycles. The Kier molecular flexibility index (Phi) is 4.91. The van der Waals surface area contributed by atoms with Crippen LogP contribution in [-0.4, -0.2) is 11.2 Å². The monoisotopic (exact) mass is 311 g/mol. The third kappa shape index (κ3) is 4.21. The maximum atomic E-state index is 5.37. The third-order valence-corrected chi connectivity index (χ3v) is 4.12. The van der Waals surface area contributed by atoms with E-state index in [4.69, 9.17) is 12.2 Å². The number of hydrogen-bond acceptors (Lipinski definition) is 2. The van der Waals surface area contributed by atoms with Crippen LogP contribution in [0.1, 0.15) is 25.7 Å². The molecular formula is C18H21N3S. The number of thiocarbonyl (C=S) groups is 1. The lowest BCUT2D eigenvalue weighted by Crippen LogP contribution is -2.35. The summed E-state index contributed by atoms with van der Waals surface area (Å²) in [5, 5.41) is 10.7. The van der Waals surface area contributed by atoms with E-state index in [0.717, 1.165) is 22.2 Å². The lowest BCUT2D eigenvalue weighted by atomic mass is 10.2. The Morgan fingerprint density at radius 3 is 2.09 bits per heavy atom. The molecule has 2 aromatic rings. The number of anilines is 3. The maximum Gasteiger partial charge on any atom is 0.170 e. The van der Waals surface area contributed by atoms with E-state index in [1.165, 1.54) is 25.7 Å². The summed E-state index contributed by atoms with van der Waals surface area (Å²) < 4.78 is 0. The second-order valence-electron chi connectivity index (χ2n) is 5.65. The molecule has 3 rings (SSSR count). The van der Waals surface area contributed by atoms with Gasteiger partial charge >= 0.3 is 0 Å². The van der Waals surface area contributed by atoms with Crippen molar-refractivity contribution in [3.8, 4) is 0 Å². The Labute approximate surface area is 137 Å². The van der Waals surface area contributed by atoms with Crippen LogP contribution in [0.5, 0.6) is 0 Å². The van der Waals surface area contributed by atoms with Crippen LogP contribution < -0.4 is 16.0 Å². The number of hydrogen-bond donors (Lipinski definition) is 3. The first kappa shape index (κ1) is 14.9.